The van der Waals surface area contributed by atoms with Crippen LogP contribution in [0.15, 0.2) is 34.7 Å². The van der Waals surface area contributed by atoms with Crippen molar-refractivity contribution in [2.45, 2.75) is 5.75 Å². The molecule has 2 N–H and O–H groups in total. The highest BCUT2D eigenvalue weighted by Crippen LogP contribution is 2.25. The molecule has 1 amide bonds. The van der Waals surface area contributed by atoms with Gasteiger partial charge in [0.15, 0.2) is 5.76 Å². The molecule has 0 saturated carbocycles. The average molecular weight is 326 g/mol. The minimum Gasteiger partial charge on any atom is -0.478 e. The lowest BCUT2D eigenvalue weighted by atomic mass is 10.1. The molecule has 1 aromatic heterocycles. The summed E-state index contributed by atoms with van der Waals surface area (Å²) >= 11 is 7.41. The number of carbonyl (C=O) groups is 2. The van der Waals surface area contributed by atoms with E-state index < -0.39 is 11.9 Å². The van der Waals surface area contributed by atoms with Crippen LogP contribution in [0.2, 0.25) is 5.02 Å². The Bertz CT molecular complexity index is 683. The maximum absolute atomic E-state index is 12.1. The number of amides is 1. The average Bonchev–Trinajstić information content (AvgIpc) is 2.87. The summed E-state index contributed by atoms with van der Waals surface area (Å²) < 4.78 is 5.38. The first-order chi connectivity index (χ1) is 10.0. The molecule has 1 heterocycles. The van der Waals surface area contributed by atoms with Gasteiger partial charge in [-0.25, -0.2) is 4.79 Å². The lowest BCUT2D eigenvalue weighted by Crippen LogP contribution is -2.14. The SMILES string of the molecule is CSCc1ccc(C(=O)Nc2cccc(Cl)c2C(=O)O)o1. The number of halogens is 1. The summed E-state index contributed by atoms with van der Waals surface area (Å²) in [7, 11) is 0. The van der Waals surface area contributed by atoms with Gasteiger partial charge in [-0.05, 0) is 30.5 Å². The number of hydrogen-bond acceptors (Lipinski definition) is 4. The van der Waals surface area contributed by atoms with Crippen LogP contribution in [0.4, 0.5) is 5.69 Å². The van der Waals surface area contributed by atoms with Gasteiger partial charge < -0.3 is 14.8 Å². The van der Waals surface area contributed by atoms with Crippen LogP contribution in [0, 0.1) is 0 Å². The number of furan rings is 1. The zero-order chi connectivity index (χ0) is 15.4. The zero-order valence-electron chi connectivity index (χ0n) is 11.1. The van der Waals surface area contributed by atoms with Crippen LogP contribution in [0.3, 0.4) is 0 Å². The van der Waals surface area contributed by atoms with E-state index in [0.29, 0.717) is 11.5 Å². The van der Waals surface area contributed by atoms with E-state index in [4.69, 9.17) is 21.1 Å². The number of carbonyl (C=O) groups excluding carboxylic acids is 1. The molecule has 0 radical (unpaired) electrons. The third-order valence-corrected chi connectivity index (χ3v) is 3.54. The number of nitrogens with one attached hydrogen (secondary N) is 1. The number of carboxylic acid groups (broad SMARTS) is 1. The lowest BCUT2D eigenvalue weighted by Gasteiger charge is -2.08. The highest BCUT2D eigenvalue weighted by Gasteiger charge is 2.18. The molecule has 0 aliphatic heterocycles. The molecule has 0 unspecified atom stereocenters. The van der Waals surface area contributed by atoms with Gasteiger partial charge in [0.05, 0.1) is 16.5 Å². The summed E-state index contributed by atoms with van der Waals surface area (Å²) in [4.78, 5) is 23.3. The number of hydrogen-bond donors (Lipinski definition) is 2. The number of thioether (sulfide) groups is 1. The second-order valence-corrected chi connectivity index (χ2v) is 5.39. The number of aromatic carboxylic acids is 1. The Labute approximate surface area is 130 Å². The van der Waals surface area contributed by atoms with Gasteiger partial charge in [0, 0.05) is 0 Å². The van der Waals surface area contributed by atoms with Crippen molar-refractivity contribution in [3.63, 3.8) is 0 Å². The first-order valence-corrected chi connectivity index (χ1v) is 7.71. The Morgan fingerprint density at radius 3 is 2.76 bits per heavy atom. The van der Waals surface area contributed by atoms with Gasteiger partial charge in [0.2, 0.25) is 0 Å². The molecule has 0 bridgehead atoms. The van der Waals surface area contributed by atoms with E-state index in [2.05, 4.69) is 5.32 Å². The van der Waals surface area contributed by atoms with Crippen molar-refractivity contribution in [1.82, 2.24) is 0 Å². The minimum atomic E-state index is -1.21. The van der Waals surface area contributed by atoms with E-state index in [9.17, 15) is 9.59 Å². The first kappa shape index (κ1) is 15.5. The summed E-state index contributed by atoms with van der Waals surface area (Å²) in [5.74, 6) is -0.275. The molecule has 2 rings (SSSR count). The Balaban J connectivity index is 2.23. The number of carboxylic acids is 1. The summed E-state index contributed by atoms with van der Waals surface area (Å²) in [6, 6.07) is 7.74. The molecule has 7 heteroatoms. The predicted molar refractivity (Wildman–Crippen MR) is 82.3 cm³/mol. The molecule has 110 valence electrons. The monoisotopic (exact) mass is 325 g/mol. The number of anilines is 1. The summed E-state index contributed by atoms with van der Waals surface area (Å²) in [6.07, 6.45) is 1.92. The first-order valence-electron chi connectivity index (χ1n) is 5.93. The van der Waals surface area contributed by atoms with Gasteiger partial charge in [-0.3, -0.25) is 4.79 Å². The van der Waals surface area contributed by atoms with Crippen molar-refractivity contribution in [2.75, 3.05) is 11.6 Å². The molecule has 0 atom stereocenters. The Hall–Kier alpha value is -1.92. The van der Waals surface area contributed by atoms with E-state index in [0.717, 1.165) is 0 Å². The fourth-order valence-electron chi connectivity index (χ4n) is 1.75. The Morgan fingerprint density at radius 1 is 1.33 bits per heavy atom. The lowest BCUT2D eigenvalue weighted by molar-refractivity contribution is 0.0698. The van der Waals surface area contributed by atoms with Gasteiger partial charge in [-0.15, -0.1) is 0 Å². The van der Waals surface area contributed by atoms with Crippen LogP contribution < -0.4 is 5.32 Å². The van der Waals surface area contributed by atoms with Crippen LogP contribution >= 0.6 is 23.4 Å². The van der Waals surface area contributed by atoms with E-state index in [-0.39, 0.29) is 22.0 Å². The molecule has 0 saturated heterocycles. The van der Waals surface area contributed by atoms with Crippen LogP contribution in [-0.2, 0) is 5.75 Å². The molecular weight excluding hydrogens is 314 g/mol. The third kappa shape index (κ3) is 3.59. The third-order valence-electron chi connectivity index (χ3n) is 2.65. The molecule has 5 nitrogen and oxygen atoms in total. The molecule has 0 spiro atoms. The van der Waals surface area contributed by atoms with Crippen molar-refractivity contribution < 1.29 is 19.1 Å². The molecular formula is C14H12ClNO4S. The van der Waals surface area contributed by atoms with Crippen molar-refractivity contribution in [3.8, 4) is 0 Å². The van der Waals surface area contributed by atoms with Crippen LogP contribution in [0.5, 0.6) is 0 Å². The standard InChI is InChI=1S/C14H12ClNO4S/c1-21-7-8-5-6-11(20-8)13(17)16-10-4-2-3-9(15)12(10)14(18)19/h2-6H,7H2,1H3,(H,16,17)(H,18,19). The topological polar surface area (TPSA) is 79.5 Å². The van der Waals surface area contributed by atoms with Gasteiger partial charge in [0.25, 0.3) is 5.91 Å². The van der Waals surface area contributed by atoms with Crippen LogP contribution in [0.25, 0.3) is 0 Å². The molecule has 2 aromatic rings. The van der Waals surface area contributed by atoms with Crippen LogP contribution in [0.1, 0.15) is 26.7 Å². The maximum Gasteiger partial charge on any atom is 0.339 e. The Kier molecular flexibility index (Phi) is 4.93. The normalized spacial score (nSPS) is 10.4. The predicted octanol–water partition coefficient (Wildman–Crippen LogP) is 3.75. The van der Waals surface area contributed by atoms with E-state index >= 15 is 0 Å². The highest BCUT2D eigenvalue weighted by atomic mass is 35.5. The number of benzene rings is 1. The fourth-order valence-corrected chi connectivity index (χ4v) is 2.44. The van der Waals surface area contributed by atoms with E-state index in [1.165, 1.54) is 12.1 Å². The van der Waals surface area contributed by atoms with Gasteiger partial charge in [-0.2, -0.15) is 11.8 Å². The summed E-state index contributed by atoms with van der Waals surface area (Å²) in [5.41, 5.74) is -0.0220. The van der Waals surface area contributed by atoms with Gasteiger partial charge >= 0.3 is 5.97 Å². The van der Waals surface area contributed by atoms with Crippen molar-refractivity contribution in [3.05, 3.63) is 52.4 Å². The zero-order valence-corrected chi connectivity index (χ0v) is 12.6. The second-order valence-electron chi connectivity index (χ2n) is 4.12. The molecule has 0 aliphatic rings. The molecule has 1 aromatic carbocycles. The molecule has 0 fully saturated rings. The molecule has 0 aliphatic carbocycles. The summed E-state index contributed by atoms with van der Waals surface area (Å²) in [5, 5.41) is 11.7. The fraction of sp³-hybridized carbons (Fsp3) is 0.143. The second kappa shape index (κ2) is 6.69. The maximum atomic E-state index is 12.1. The number of rotatable bonds is 5. The highest BCUT2D eigenvalue weighted by molar-refractivity contribution is 7.97. The Morgan fingerprint density at radius 2 is 2.10 bits per heavy atom. The van der Waals surface area contributed by atoms with E-state index in [1.807, 2.05) is 6.26 Å². The van der Waals surface area contributed by atoms with E-state index in [1.54, 1.807) is 30.0 Å². The van der Waals surface area contributed by atoms with Gasteiger partial charge in [0.1, 0.15) is 11.3 Å². The molecule has 21 heavy (non-hydrogen) atoms. The smallest absolute Gasteiger partial charge is 0.339 e. The quantitative estimate of drug-likeness (QED) is 0.875. The van der Waals surface area contributed by atoms with Crippen molar-refractivity contribution in [1.29, 1.82) is 0 Å². The van der Waals surface area contributed by atoms with Crippen LogP contribution in [-0.4, -0.2) is 23.2 Å². The largest absolute Gasteiger partial charge is 0.478 e. The minimum absolute atomic E-state index is 0.0582. The van der Waals surface area contributed by atoms with Crippen molar-refractivity contribution in [2.24, 2.45) is 0 Å². The van der Waals surface area contributed by atoms with Gasteiger partial charge in [-0.1, -0.05) is 17.7 Å². The summed E-state index contributed by atoms with van der Waals surface area (Å²) in [6.45, 7) is 0. The van der Waals surface area contributed by atoms with Crippen molar-refractivity contribution >= 4 is 40.9 Å².